The average Bonchev–Trinajstić information content (AvgIpc) is 0.745. The van der Waals surface area contributed by atoms with Gasteiger partial charge in [0.15, 0.2) is 5.43 Å². The lowest BCUT2D eigenvalue weighted by atomic mass is 9.90. The van der Waals surface area contributed by atoms with Gasteiger partial charge in [0.05, 0.1) is 17.0 Å². The van der Waals surface area contributed by atoms with Crippen LogP contribution in [0.4, 0.5) is 5.69 Å². The highest BCUT2D eigenvalue weighted by atomic mass is 32.2. The van der Waals surface area contributed by atoms with Crippen LogP contribution < -0.4 is 76.6 Å². The largest absolute Gasteiger partial charge is 0.508 e. The molecule has 3 aromatic carbocycles. The second-order valence-corrected chi connectivity index (χ2v) is 32.2. The van der Waals surface area contributed by atoms with Crippen LogP contribution in [0.2, 0.25) is 0 Å². The Balaban J connectivity index is 1.36. The topological polar surface area (TPSA) is 488 Å². The number of primary amides is 1. The van der Waals surface area contributed by atoms with E-state index in [1.54, 1.807) is 18.2 Å². The number of rotatable bonds is 46. The van der Waals surface area contributed by atoms with Crippen molar-refractivity contribution in [2.45, 2.75) is 212 Å². The number of phenols is 1. The Morgan fingerprint density at radius 3 is 1.39 bits per heavy atom. The first kappa shape index (κ1) is 89.6. The van der Waals surface area contributed by atoms with Crippen LogP contribution in [0.25, 0.3) is 33.4 Å². The summed E-state index contributed by atoms with van der Waals surface area (Å²) in [6.45, 7) is 18.2. The lowest BCUT2D eigenvalue weighted by Crippen LogP contribution is -2.60. The second-order valence-electron chi connectivity index (χ2n) is 29.8. The number of hydrogen-bond acceptors (Lipinski definition) is 19. The number of thiocarbonyl (C=S) groups is 1. The van der Waals surface area contributed by atoms with E-state index in [2.05, 4.69) is 42.5 Å². The Kier molecular flexibility index (Phi) is 35.9. The highest BCUT2D eigenvalue weighted by Gasteiger charge is 2.37. The fourth-order valence-corrected chi connectivity index (χ4v) is 14.3. The Hall–Kier alpha value is -8.98. The smallest absolute Gasteiger partial charge is 0.336 e. The van der Waals surface area contributed by atoms with Crippen molar-refractivity contribution in [1.29, 1.82) is 0 Å². The summed E-state index contributed by atoms with van der Waals surface area (Å²) in [4.78, 5) is 138. The standard InChI is InChI=1S/C77H114N14O15S2/c1-43(2)33-49(81)41-91(108(104,105)53-25-20-48(21-26-53)76(107)83-50-22-27-54(57(38-50)77(102)103)68-55-28-23-51(92)39-65(55)106-66-40-52(93)24-29-56(66)68)42-67(94)84-58(17-11-14-30-78)70(96)88-64(37-47(9)10)75(101)90-62(35-45(5)6)73(99)86-59(18-12-15-31-79)71(97)85-60(19-13-16-32-80)72(98)89-63(36-46(7)8)74(100)87-61(69(82)95)34-44(3)4/h20-29,38-40,43-47,49,58-64,92H,11-19,30-37,41-42,78-81H2,1-10H3,(H2,82,95)(H,83,107)(H,84,94)(H,85,97)(H,86,99)(H,87,100)(H,88,96)(H,89,98)(H,90,101)(H,102,103)/t49-,58-,59-,60-,61-,62-,63-,64-/m0/s1. The molecule has 0 aromatic heterocycles. The van der Waals surface area contributed by atoms with Gasteiger partial charge in [-0.05, 0) is 193 Å². The minimum atomic E-state index is -4.56. The number of aromatic carboxylic acids is 1. The molecule has 3 aromatic rings. The van der Waals surface area contributed by atoms with Gasteiger partial charge in [-0.25, -0.2) is 13.2 Å². The van der Waals surface area contributed by atoms with Gasteiger partial charge in [0.2, 0.25) is 57.3 Å². The molecule has 0 fully saturated rings. The van der Waals surface area contributed by atoms with Crippen molar-refractivity contribution < 1.29 is 66.2 Å². The molecule has 20 N–H and O–H groups in total. The highest BCUT2D eigenvalue weighted by Crippen LogP contribution is 2.42. The third kappa shape index (κ3) is 27.9. The normalized spacial score (nSPS) is 14.0. The molecule has 108 heavy (non-hydrogen) atoms. The van der Waals surface area contributed by atoms with Crippen LogP contribution >= 0.6 is 12.2 Å². The quantitative estimate of drug-likeness (QED) is 0.0129. The van der Waals surface area contributed by atoms with Gasteiger partial charge in [0.25, 0.3) is 0 Å². The first-order chi connectivity index (χ1) is 51.0. The minimum absolute atomic E-state index is 0.00531. The molecule has 1 aliphatic heterocycles. The van der Waals surface area contributed by atoms with E-state index in [9.17, 15) is 66.6 Å². The van der Waals surface area contributed by atoms with Gasteiger partial charge < -0.3 is 85.8 Å². The SMILES string of the molecule is CC(C)C[C@H](N)CN(CC(=O)N[C@@H](CCCCN)C(=O)N[C@@H](CC(C)C)C(=O)N[C@@H](CC(C)C)C(=O)N[C@@H](CCCCN)C(=O)N[C@@H](CCCCN)C(=O)N[C@@H](CC(C)C)C(=O)N[C@@H](CC(C)C)C(N)=O)S(=O)(=O)c1ccc(C(=S)Nc2ccc(-c3c4ccc(=O)cc-4oc4cc(O)ccc34)c(C(=O)O)c2)cc1. The van der Waals surface area contributed by atoms with Crippen molar-refractivity contribution in [3.63, 3.8) is 0 Å². The average molecular weight is 1540 g/mol. The van der Waals surface area contributed by atoms with Crippen LogP contribution in [0.5, 0.6) is 5.75 Å². The maximum atomic E-state index is 14.8. The molecule has 31 heteroatoms. The van der Waals surface area contributed by atoms with E-state index < -0.39 is 118 Å². The van der Waals surface area contributed by atoms with Crippen molar-refractivity contribution in [1.82, 2.24) is 41.5 Å². The molecule has 1 aliphatic carbocycles. The van der Waals surface area contributed by atoms with Crippen molar-refractivity contribution in [3.05, 3.63) is 100 Å². The molecule has 0 radical (unpaired) electrons. The lowest BCUT2D eigenvalue weighted by Gasteiger charge is -2.29. The second kappa shape index (κ2) is 43.3. The number of carboxylic acids is 1. The van der Waals surface area contributed by atoms with Gasteiger partial charge in [0, 0.05) is 52.5 Å². The molecule has 29 nitrogen and oxygen atoms in total. The van der Waals surface area contributed by atoms with Crippen molar-refractivity contribution >= 4 is 97.1 Å². The molecule has 594 valence electrons. The number of unbranched alkanes of at least 4 members (excludes halogenated alkanes) is 3. The number of hydrogen-bond donors (Lipinski definition) is 15. The number of sulfonamides is 1. The summed E-state index contributed by atoms with van der Waals surface area (Å²) in [7, 11) is -4.56. The zero-order valence-corrected chi connectivity index (χ0v) is 65.4. The number of carbonyl (C=O) groups excluding carboxylic acids is 8. The number of aromatic hydroxyl groups is 1. The van der Waals surface area contributed by atoms with E-state index in [1.165, 1.54) is 60.7 Å². The predicted octanol–water partition coefficient (Wildman–Crippen LogP) is 5.57. The number of amides is 8. The molecule has 5 rings (SSSR count). The predicted molar refractivity (Wildman–Crippen MR) is 420 cm³/mol. The molecule has 0 bridgehead atoms. The van der Waals surface area contributed by atoms with Crippen LogP contribution in [0.15, 0.2) is 93.0 Å². The maximum Gasteiger partial charge on any atom is 0.336 e. The monoisotopic (exact) mass is 1540 g/mol. The van der Waals surface area contributed by atoms with Crippen LogP contribution in [0.3, 0.4) is 0 Å². The zero-order valence-electron chi connectivity index (χ0n) is 63.8. The Bertz CT molecular complexity index is 4040. The van der Waals surface area contributed by atoms with E-state index in [1.807, 2.05) is 69.2 Å². The lowest BCUT2D eigenvalue weighted by molar-refractivity contribution is -0.136. The number of benzene rings is 4. The van der Waals surface area contributed by atoms with Crippen molar-refractivity contribution in [2.75, 3.05) is 38.0 Å². The summed E-state index contributed by atoms with van der Waals surface area (Å²) < 4.78 is 36.5. The van der Waals surface area contributed by atoms with Gasteiger partial charge in [-0.15, -0.1) is 0 Å². The number of fused-ring (bicyclic) bond motifs is 2. The van der Waals surface area contributed by atoms with E-state index in [4.69, 9.17) is 45.3 Å². The third-order valence-electron chi connectivity index (χ3n) is 17.9. The van der Waals surface area contributed by atoms with Gasteiger partial charge in [-0.1, -0.05) is 99.7 Å². The Labute approximate surface area is 638 Å². The number of phenolic OH excluding ortho intramolecular Hbond substituents is 1. The summed E-state index contributed by atoms with van der Waals surface area (Å²) in [6, 6.07) is 9.27. The summed E-state index contributed by atoms with van der Waals surface area (Å²) in [5.74, 6) is -7.67. The molecule has 8 atom stereocenters. The first-order valence-corrected chi connectivity index (χ1v) is 39.1. The number of nitrogens with one attached hydrogen (secondary N) is 8. The molecule has 1 heterocycles. The molecule has 8 amide bonds. The van der Waals surface area contributed by atoms with Crippen molar-refractivity contribution in [3.8, 4) is 28.2 Å². The molecule has 0 saturated carbocycles. The fourth-order valence-electron chi connectivity index (χ4n) is 12.6. The summed E-state index contributed by atoms with van der Waals surface area (Å²) in [6.07, 6.45) is 3.62. The fraction of sp³-hybridized carbons (Fsp3) is 0.545. The Morgan fingerprint density at radius 2 is 0.944 bits per heavy atom. The van der Waals surface area contributed by atoms with Gasteiger partial charge in [-0.3, -0.25) is 43.2 Å². The minimum Gasteiger partial charge on any atom is -0.508 e. The van der Waals surface area contributed by atoms with Crippen LogP contribution in [0.1, 0.15) is 175 Å². The molecular formula is C77H114N14O15S2. The number of anilines is 1. The van der Waals surface area contributed by atoms with E-state index in [-0.39, 0.29) is 150 Å². The third-order valence-corrected chi connectivity index (χ3v) is 20.0. The molecule has 0 unspecified atom stereocenters. The van der Waals surface area contributed by atoms with Crippen LogP contribution in [-0.4, -0.2) is 162 Å². The summed E-state index contributed by atoms with van der Waals surface area (Å²) in [5, 5.41) is 43.8. The Morgan fingerprint density at radius 1 is 0.519 bits per heavy atom. The van der Waals surface area contributed by atoms with E-state index in [0.29, 0.717) is 67.0 Å². The number of nitrogens with zero attached hydrogens (tertiary/aromatic N) is 1. The number of carboxylic acid groups (broad SMARTS) is 1. The molecule has 2 aliphatic rings. The van der Waals surface area contributed by atoms with Gasteiger partial charge in [-0.2, -0.15) is 4.31 Å². The van der Waals surface area contributed by atoms with E-state index in [0.717, 1.165) is 4.31 Å². The molecule has 0 spiro atoms. The van der Waals surface area contributed by atoms with Gasteiger partial charge in [0.1, 0.15) is 64.4 Å². The van der Waals surface area contributed by atoms with Gasteiger partial charge >= 0.3 is 5.97 Å². The van der Waals surface area contributed by atoms with Crippen LogP contribution in [0, 0.1) is 29.6 Å². The summed E-state index contributed by atoms with van der Waals surface area (Å²) in [5.41, 5.74) is 31.3. The van der Waals surface area contributed by atoms with Crippen molar-refractivity contribution in [2.24, 2.45) is 58.3 Å². The number of nitrogens with two attached hydrogens (primary N) is 5. The van der Waals surface area contributed by atoms with Crippen LogP contribution in [-0.2, 0) is 48.4 Å². The number of carbonyl (C=O) groups is 9. The maximum absolute atomic E-state index is 14.8. The summed E-state index contributed by atoms with van der Waals surface area (Å²) >= 11 is 5.76. The highest BCUT2D eigenvalue weighted by molar-refractivity contribution is 7.89. The zero-order chi connectivity index (χ0) is 80.3. The molecular weight excluding hydrogens is 1430 g/mol. The molecule has 0 saturated heterocycles. The van der Waals surface area contributed by atoms with E-state index >= 15 is 0 Å². The first-order valence-electron chi connectivity index (χ1n) is 37.2.